The van der Waals surface area contributed by atoms with Crippen molar-refractivity contribution in [2.75, 3.05) is 66.6 Å². The highest BCUT2D eigenvalue weighted by molar-refractivity contribution is 5.73. The normalized spacial score (nSPS) is 23.9. The van der Waals surface area contributed by atoms with Crippen molar-refractivity contribution in [1.29, 1.82) is 0 Å². The van der Waals surface area contributed by atoms with E-state index in [1.54, 1.807) is 7.11 Å². The lowest BCUT2D eigenvalue weighted by Crippen LogP contribution is -2.52. The Kier molecular flexibility index (Phi) is 11.9. The van der Waals surface area contributed by atoms with Crippen LogP contribution in [0.1, 0.15) is 50.2 Å². The van der Waals surface area contributed by atoms with Crippen molar-refractivity contribution < 1.29 is 33.2 Å². The predicted octanol–water partition coefficient (Wildman–Crippen LogP) is 3.03. The van der Waals surface area contributed by atoms with Gasteiger partial charge in [0.1, 0.15) is 12.4 Å². The molecule has 35 heavy (non-hydrogen) atoms. The van der Waals surface area contributed by atoms with Crippen LogP contribution in [0.15, 0.2) is 18.2 Å². The summed E-state index contributed by atoms with van der Waals surface area (Å²) in [5.74, 6) is 0.678. The first-order valence-electron chi connectivity index (χ1n) is 12.9. The molecule has 0 spiro atoms. The maximum atomic E-state index is 12.3. The molecular weight excluding hydrogens is 450 g/mol. The first kappa shape index (κ1) is 28.0. The molecule has 3 rings (SSSR count). The molecule has 0 heterocycles. The zero-order chi connectivity index (χ0) is 24.9. The third-order valence-corrected chi connectivity index (χ3v) is 7.19. The second-order valence-electron chi connectivity index (χ2n) is 9.68. The summed E-state index contributed by atoms with van der Waals surface area (Å²) in [5.41, 5.74) is 9.27. The molecule has 0 radical (unpaired) electrons. The Morgan fingerprint density at radius 1 is 0.943 bits per heavy atom. The molecule has 2 aliphatic rings. The van der Waals surface area contributed by atoms with Crippen LogP contribution in [0.2, 0.25) is 0 Å². The van der Waals surface area contributed by atoms with E-state index >= 15 is 0 Å². The second-order valence-corrected chi connectivity index (χ2v) is 9.68. The topological polar surface area (TPSA) is 98.5 Å². The van der Waals surface area contributed by atoms with Crippen molar-refractivity contribution in [2.45, 2.75) is 56.9 Å². The van der Waals surface area contributed by atoms with Crippen LogP contribution < -0.4 is 10.5 Å². The quantitative estimate of drug-likeness (QED) is 0.226. The van der Waals surface area contributed by atoms with Crippen LogP contribution in [0.5, 0.6) is 5.75 Å². The fourth-order valence-corrected chi connectivity index (χ4v) is 5.21. The monoisotopic (exact) mass is 493 g/mol. The van der Waals surface area contributed by atoms with Gasteiger partial charge in [0.2, 0.25) is 0 Å². The van der Waals surface area contributed by atoms with Gasteiger partial charge in [0.15, 0.2) is 0 Å². The second kappa shape index (κ2) is 14.9. The molecular formula is C27H43NO7. The van der Waals surface area contributed by atoms with E-state index in [9.17, 15) is 4.79 Å². The number of hydrogen-bond donors (Lipinski definition) is 1. The fraction of sp³-hybridized carbons (Fsp3) is 0.741. The van der Waals surface area contributed by atoms with Gasteiger partial charge < -0.3 is 34.2 Å². The van der Waals surface area contributed by atoms with E-state index in [1.807, 2.05) is 12.1 Å². The Labute approximate surface area is 209 Å². The third-order valence-electron chi connectivity index (χ3n) is 7.19. The Morgan fingerprint density at radius 3 is 2.29 bits per heavy atom. The lowest BCUT2D eigenvalue weighted by atomic mass is 9.60. The van der Waals surface area contributed by atoms with E-state index in [1.165, 1.54) is 36.8 Å². The summed E-state index contributed by atoms with van der Waals surface area (Å²) >= 11 is 0. The molecule has 1 aromatic carbocycles. The van der Waals surface area contributed by atoms with Crippen molar-refractivity contribution >= 4 is 5.97 Å². The number of ether oxygens (including phenoxy) is 6. The first-order chi connectivity index (χ1) is 17.0. The van der Waals surface area contributed by atoms with Gasteiger partial charge in [-0.1, -0.05) is 32.3 Å². The Hall–Kier alpha value is -1.55. The van der Waals surface area contributed by atoms with Crippen molar-refractivity contribution in [2.24, 2.45) is 11.7 Å². The largest absolute Gasteiger partial charge is 0.425 e. The minimum atomic E-state index is -0.414. The van der Waals surface area contributed by atoms with E-state index in [0.717, 1.165) is 12.8 Å². The van der Waals surface area contributed by atoms with E-state index in [2.05, 4.69) is 13.0 Å². The molecule has 0 aliphatic heterocycles. The highest BCUT2D eigenvalue weighted by Gasteiger charge is 2.43. The lowest BCUT2D eigenvalue weighted by Gasteiger charge is -2.47. The Morgan fingerprint density at radius 2 is 1.60 bits per heavy atom. The van der Waals surface area contributed by atoms with E-state index in [-0.39, 0.29) is 18.1 Å². The predicted molar refractivity (Wildman–Crippen MR) is 133 cm³/mol. The number of nitrogens with two attached hydrogens (primary N) is 1. The van der Waals surface area contributed by atoms with Gasteiger partial charge in [-0.05, 0) is 48.4 Å². The number of carbonyl (C=O) groups is 1. The standard InChI is InChI=1S/C27H43NO7/c1-27-9-5-3-4-6-22(26(27)28)18-21-7-8-23(19-24(21)27)35-25(29)20-34-17-16-33-15-14-32-13-12-31-11-10-30-2/h7-8,19,22,26H,3-6,9-18,20,28H2,1-2H3/t22-,26-,27+/m0/s1. The molecule has 3 atom stereocenters. The molecule has 1 saturated carbocycles. The Balaban J connectivity index is 1.32. The van der Waals surface area contributed by atoms with Gasteiger partial charge in [0.25, 0.3) is 0 Å². The van der Waals surface area contributed by atoms with Crippen molar-refractivity contribution in [3.8, 4) is 5.75 Å². The van der Waals surface area contributed by atoms with Gasteiger partial charge >= 0.3 is 5.97 Å². The lowest BCUT2D eigenvalue weighted by molar-refractivity contribution is -0.140. The average Bonchev–Trinajstić information content (AvgIpc) is 2.85. The molecule has 0 amide bonds. The van der Waals surface area contributed by atoms with Crippen LogP contribution >= 0.6 is 0 Å². The van der Waals surface area contributed by atoms with Gasteiger partial charge in [-0.2, -0.15) is 0 Å². The summed E-state index contributed by atoms with van der Waals surface area (Å²) in [6.45, 7) is 6.01. The summed E-state index contributed by atoms with van der Waals surface area (Å²) in [6, 6.07) is 6.17. The molecule has 0 aromatic heterocycles. The number of benzene rings is 1. The smallest absolute Gasteiger partial charge is 0.337 e. The summed E-state index contributed by atoms with van der Waals surface area (Å²) in [6.07, 6.45) is 7.00. The number of methoxy groups -OCH3 is 1. The summed E-state index contributed by atoms with van der Waals surface area (Å²) in [5, 5.41) is 0. The highest BCUT2D eigenvalue weighted by Crippen LogP contribution is 2.46. The molecule has 1 aromatic rings. The SMILES string of the molecule is COCCOCCOCCOCCOCC(=O)Oc1ccc2c(c1)[C@@]1(C)CCCCC[C@@H](C2)[C@@H]1N. The van der Waals surface area contributed by atoms with Crippen LogP contribution in [0.3, 0.4) is 0 Å². The van der Waals surface area contributed by atoms with Gasteiger partial charge in [-0.25, -0.2) is 4.79 Å². The molecule has 198 valence electrons. The van der Waals surface area contributed by atoms with Crippen molar-refractivity contribution in [1.82, 2.24) is 0 Å². The van der Waals surface area contributed by atoms with E-state index in [4.69, 9.17) is 34.2 Å². The van der Waals surface area contributed by atoms with Gasteiger partial charge in [-0.3, -0.25) is 0 Å². The van der Waals surface area contributed by atoms with Crippen LogP contribution in [0.4, 0.5) is 0 Å². The van der Waals surface area contributed by atoms with Crippen LogP contribution in [-0.2, 0) is 40.3 Å². The van der Waals surface area contributed by atoms with Gasteiger partial charge in [0, 0.05) is 18.6 Å². The minimum Gasteiger partial charge on any atom is -0.425 e. The molecule has 8 nitrogen and oxygen atoms in total. The molecule has 0 saturated heterocycles. The summed E-state index contributed by atoms with van der Waals surface area (Å²) < 4.78 is 32.0. The maximum Gasteiger partial charge on any atom is 0.337 e. The molecule has 0 unspecified atom stereocenters. The van der Waals surface area contributed by atoms with E-state index in [0.29, 0.717) is 64.5 Å². The third kappa shape index (κ3) is 8.51. The Bertz CT molecular complexity index is 774. The summed E-state index contributed by atoms with van der Waals surface area (Å²) in [7, 11) is 1.64. The van der Waals surface area contributed by atoms with Crippen LogP contribution in [0, 0.1) is 5.92 Å². The zero-order valence-electron chi connectivity index (χ0n) is 21.4. The highest BCUT2D eigenvalue weighted by atomic mass is 16.6. The number of fused-ring (bicyclic) bond motifs is 4. The van der Waals surface area contributed by atoms with Gasteiger partial charge in [0.05, 0.1) is 52.9 Å². The molecule has 2 N–H and O–H groups in total. The minimum absolute atomic E-state index is 0.0737. The van der Waals surface area contributed by atoms with Gasteiger partial charge in [-0.15, -0.1) is 0 Å². The number of hydrogen-bond acceptors (Lipinski definition) is 8. The number of carbonyl (C=O) groups excluding carboxylic acids is 1. The molecule has 8 heteroatoms. The molecule has 1 fully saturated rings. The number of esters is 1. The van der Waals surface area contributed by atoms with Crippen molar-refractivity contribution in [3.63, 3.8) is 0 Å². The maximum absolute atomic E-state index is 12.3. The van der Waals surface area contributed by atoms with E-state index < -0.39 is 5.97 Å². The summed E-state index contributed by atoms with van der Waals surface area (Å²) in [4.78, 5) is 12.3. The molecule has 2 aliphatic carbocycles. The van der Waals surface area contributed by atoms with Crippen LogP contribution in [0.25, 0.3) is 0 Å². The first-order valence-corrected chi connectivity index (χ1v) is 12.9. The number of rotatable bonds is 15. The van der Waals surface area contributed by atoms with Crippen molar-refractivity contribution in [3.05, 3.63) is 29.3 Å². The fourth-order valence-electron chi connectivity index (χ4n) is 5.21. The zero-order valence-corrected chi connectivity index (χ0v) is 21.4. The average molecular weight is 494 g/mol. The molecule has 2 bridgehead atoms. The van der Waals surface area contributed by atoms with Crippen LogP contribution in [-0.4, -0.2) is 78.6 Å².